The number of ether oxygens (including phenoxy) is 1. The molecule has 0 aliphatic heterocycles. The smallest absolute Gasteiger partial charge is 0.302 e. The molecule has 1 unspecified atom stereocenters. The molecule has 2 aliphatic rings. The normalized spacial score (nSPS) is 37.6. The molecule has 0 aromatic rings. The fourth-order valence-electron chi connectivity index (χ4n) is 4.78. The molecule has 2 nitrogen and oxygen atoms in total. The molecule has 0 radical (unpaired) electrons. The Morgan fingerprint density at radius 1 is 1.37 bits per heavy atom. The number of hydrogen-bond donors (Lipinski definition) is 0. The molecule has 3 atom stereocenters. The summed E-state index contributed by atoms with van der Waals surface area (Å²) in [5.74, 6) is 0.892. The lowest BCUT2D eigenvalue weighted by Crippen LogP contribution is -2.50. The van der Waals surface area contributed by atoms with Gasteiger partial charge in [-0.3, -0.25) is 4.79 Å². The first-order valence-corrected chi connectivity index (χ1v) is 7.58. The van der Waals surface area contributed by atoms with Crippen molar-refractivity contribution in [3.8, 4) is 0 Å². The maximum Gasteiger partial charge on any atom is 0.302 e. The van der Waals surface area contributed by atoms with Crippen molar-refractivity contribution in [2.45, 2.75) is 59.8 Å². The molecule has 0 amide bonds. The molecule has 2 fully saturated rings. The van der Waals surface area contributed by atoms with Crippen molar-refractivity contribution in [1.82, 2.24) is 0 Å². The topological polar surface area (TPSA) is 26.3 Å². The van der Waals surface area contributed by atoms with E-state index in [1.807, 2.05) is 0 Å². The second kappa shape index (κ2) is 4.96. The van der Waals surface area contributed by atoms with Crippen molar-refractivity contribution >= 4 is 5.97 Å². The van der Waals surface area contributed by atoms with Crippen LogP contribution in [0.15, 0.2) is 12.2 Å². The van der Waals surface area contributed by atoms with Crippen molar-refractivity contribution in [3.63, 3.8) is 0 Å². The Morgan fingerprint density at radius 2 is 2.05 bits per heavy atom. The first-order valence-electron chi connectivity index (χ1n) is 7.58. The molecule has 0 saturated heterocycles. The highest BCUT2D eigenvalue weighted by Gasteiger charge is 2.53. The van der Waals surface area contributed by atoms with E-state index in [1.54, 1.807) is 0 Å². The first kappa shape index (κ1) is 14.6. The van der Waals surface area contributed by atoms with Gasteiger partial charge in [0.2, 0.25) is 0 Å². The summed E-state index contributed by atoms with van der Waals surface area (Å²) in [6.45, 7) is 13.5. The largest absolute Gasteiger partial charge is 0.465 e. The van der Waals surface area contributed by atoms with Gasteiger partial charge in [-0.15, -0.1) is 0 Å². The Morgan fingerprint density at radius 3 is 2.68 bits per heavy atom. The van der Waals surface area contributed by atoms with E-state index in [4.69, 9.17) is 4.74 Å². The second-order valence-corrected chi connectivity index (χ2v) is 7.45. The number of fused-ring (bicyclic) bond motifs is 1. The van der Waals surface area contributed by atoms with E-state index in [1.165, 1.54) is 38.2 Å². The minimum Gasteiger partial charge on any atom is -0.465 e. The lowest BCUT2D eigenvalue weighted by molar-refractivity contribution is -0.146. The zero-order valence-corrected chi connectivity index (χ0v) is 12.9. The molecule has 0 spiro atoms. The standard InChI is InChI=1S/C17H28O2/c1-12-7-8-15-16(3,4)9-6-10-17(15,5)14(12)11-19-13(2)18/h14-15H,1,6-11H2,2-5H3/t14-,15?,17+/m1/s1. The molecule has 0 aromatic heterocycles. The third-order valence-corrected chi connectivity index (χ3v) is 5.77. The molecular formula is C17H28O2. The van der Waals surface area contributed by atoms with Gasteiger partial charge in [0.15, 0.2) is 0 Å². The van der Waals surface area contributed by atoms with Crippen molar-refractivity contribution in [3.05, 3.63) is 12.2 Å². The van der Waals surface area contributed by atoms with Gasteiger partial charge < -0.3 is 4.74 Å². The van der Waals surface area contributed by atoms with Crippen LogP contribution in [-0.4, -0.2) is 12.6 Å². The van der Waals surface area contributed by atoms with E-state index >= 15 is 0 Å². The number of carbonyl (C=O) groups is 1. The Labute approximate surface area is 117 Å². The molecule has 0 heterocycles. The summed E-state index contributed by atoms with van der Waals surface area (Å²) in [6, 6.07) is 0. The van der Waals surface area contributed by atoms with E-state index in [2.05, 4.69) is 27.4 Å². The molecule has 2 rings (SSSR count). The van der Waals surface area contributed by atoms with Crippen LogP contribution < -0.4 is 0 Å². The SMILES string of the molecule is C=C1CCC2C(C)(C)CCC[C@@]2(C)[C@@H]1COC(C)=O. The Balaban J connectivity index is 2.24. The number of rotatable bonds is 2. The fraction of sp³-hybridized carbons (Fsp3) is 0.824. The van der Waals surface area contributed by atoms with Gasteiger partial charge in [0.1, 0.15) is 0 Å². The van der Waals surface area contributed by atoms with Crippen LogP contribution in [0.25, 0.3) is 0 Å². The minimum atomic E-state index is -0.173. The van der Waals surface area contributed by atoms with Gasteiger partial charge in [0.05, 0.1) is 6.61 Å². The summed E-state index contributed by atoms with van der Waals surface area (Å²) < 4.78 is 5.33. The summed E-state index contributed by atoms with van der Waals surface area (Å²) in [5, 5.41) is 0. The van der Waals surface area contributed by atoms with Gasteiger partial charge in [-0.25, -0.2) is 0 Å². The zero-order valence-electron chi connectivity index (χ0n) is 12.9. The third kappa shape index (κ3) is 2.59. The van der Waals surface area contributed by atoms with E-state index in [0.717, 1.165) is 12.3 Å². The van der Waals surface area contributed by atoms with Gasteiger partial charge >= 0.3 is 5.97 Å². The number of carbonyl (C=O) groups excluding carboxylic acids is 1. The third-order valence-electron chi connectivity index (χ3n) is 5.77. The average Bonchev–Trinajstić information content (AvgIpc) is 2.26. The molecular weight excluding hydrogens is 236 g/mol. The Bertz CT molecular complexity index is 383. The molecule has 2 aliphatic carbocycles. The van der Waals surface area contributed by atoms with Crippen LogP contribution in [0.3, 0.4) is 0 Å². The summed E-state index contributed by atoms with van der Waals surface area (Å²) in [7, 11) is 0. The Kier molecular flexibility index (Phi) is 3.81. The molecule has 0 bridgehead atoms. The van der Waals surface area contributed by atoms with Crippen LogP contribution >= 0.6 is 0 Å². The summed E-state index contributed by atoms with van der Waals surface area (Å²) in [4.78, 5) is 11.1. The van der Waals surface area contributed by atoms with Gasteiger partial charge in [-0.2, -0.15) is 0 Å². The quantitative estimate of drug-likeness (QED) is 0.547. The average molecular weight is 264 g/mol. The van der Waals surface area contributed by atoms with Crippen molar-refractivity contribution in [2.24, 2.45) is 22.7 Å². The van der Waals surface area contributed by atoms with Crippen LogP contribution in [0.2, 0.25) is 0 Å². The highest BCUT2D eigenvalue weighted by Crippen LogP contribution is 2.60. The molecule has 108 valence electrons. The van der Waals surface area contributed by atoms with E-state index < -0.39 is 0 Å². The number of hydrogen-bond acceptors (Lipinski definition) is 2. The minimum absolute atomic E-state index is 0.173. The number of esters is 1. The van der Waals surface area contributed by atoms with Gasteiger partial charge in [-0.05, 0) is 42.4 Å². The van der Waals surface area contributed by atoms with Crippen molar-refractivity contribution < 1.29 is 9.53 Å². The monoisotopic (exact) mass is 264 g/mol. The summed E-state index contributed by atoms with van der Waals surface area (Å²) in [5.41, 5.74) is 1.95. The Hall–Kier alpha value is -0.790. The van der Waals surface area contributed by atoms with Crippen LogP contribution in [0.5, 0.6) is 0 Å². The maximum absolute atomic E-state index is 11.1. The maximum atomic E-state index is 11.1. The molecule has 0 N–H and O–H groups in total. The second-order valence-electron chi connectivity index (χ2n) is 7.45. The molecule has 19 heavy (non-hydrogen) atoms. The predicted octanol–water partition coefficient (Wildman–Crippen LogP) is 4.35. The van der Waals surface area contributed by atoms with Crippen molar-refractivity contribution in [2.75, 3.05) is 6.61 Å². The van der Waals surface area contributed by atoms with Crippen molar-refractivity contribution in [1.29, 1.82) is 0 Å². The van der Waals surface area contributed by atoms with Crippen LogP contribution in [-0.2, 0) is 9.53 Å². The lowest BCUT2D eigenvalue weighted by Gasteiger charge is -2.57. The van der Waals surface area contributed by atoms with Gasteiger partial charge in [-0.1, -0.05) is 39.3 Å². The highest BCUT2D eigenvalue weighted by molar-refractivity contribution is 5.65. The van der Waals surface area contributed by atoms with Gasteiger partial charge in [0.25, 0.3) is 0 Å². The highest BCUT2D eigenvalue weighted by atomic mass is 16.5. The summed E-state index contributed by atoms with van der Waals surface area (Å²) in [6.07, 6.45) is 6.18. The molecule has 2 heteroatoms. The molecule has 2 saturated carbocycles. The van der Waals surface area contributed by atoms with Gasteiger partial charge in [0, 0.05) is 12.8 Å². The zero-order chi connectivity index (χ0) is 14.3. The first-order chi connectivity index (χ1) is 8.77. The fourth-order valence-corrected chi connectivity index (χ4v) is 4.78. The summed E-state index contributed by atoms with van der Waals surface area (Å²) >= 11 is 0. The van der Waals surface area contributed by atoms with Crippen LogP contribution in [0, 0.1) is 22.7 Å². The van der Waals surface area contributed by atoms with E-state index in [9.17, 15) is 4.79 Å². The predicted molar refractivity (Wildman–Crippen MR) is 77.7 cm³/mol. The van der Waals surface area contributed by atoms with E-state index in [-0.39, 0.29) is 11.4 Å². The van der Waals surface area contributed by atoms with Crippen LogP contribution in [0.1, 0.15) is 59.8 Å². The lowest BCUT2D eigenvalue weighted by atomic mass is 9.48. The van der Waals surface area contributed by atoms with E-state index in [0.29, 0.717) is 17.9 Å². The molecule has 0 aromatic carbocycles. The van der Waals surface area contributed by atoms with Crippen LogP contribution in [0.4, 0.5) is 0 Å².